The molecule has 0 radical (unpaired) electrons. The largest absolute Gasteiger partial charge is 0.493 e. The van der Waals surface area contributed by atoms with Gasteiger partial charge in [-0.1, -0.05) is 12.1 Å². The van der Waals surface area contributed by atoms with E-state index in [9.17, 15) is 5.26 Å². The maximum atomic E-state index is 9.19. The van der Waals surface area contributed by atoms with Crippen molar-refractivity contribution in [2.24, 2.45) is 0 Å². The lowest BCUT2D eigenvalue weighted by Gasteiger charge is -2.19. The molecule has 1 aliphatic rings. The van der Waals surface area contributed by atoms with Crippen LogP contribution in [-0.4, -0.2) is 27.4 Å². The van der Waals surface area contributed by atoms with Crippen LogP contribution in [0.4, 0.5) is 0 Å². The Labute approximate surface area is 140 Å². The predicted octanol–water partition coefficient (Wildman–Crippen LogP) is 3.43. The van der Waals surface area contributed by atoms with Crippen LogP contribution in [0.3, 0.4) is 0 Å². The molecule has 0 saturated carbocycles. The fourth-order valence-electron chi connectivity index (χ4n) is 2.61. The third kappa shape index (κ3) is 2.99. The lowest BCUT2D eigenvalue weighted by Crippen LogP contribution is -2.15. The van der Waals surface area contributed by atoms with Crippen LogP contribution in [0.1, 0.15) is 11.1 Å². The second-order valence-electron chi connectivity index (χ2n) is 5.12. The minimum Gasteiger partial charge on any atom is -0.493 e. The first-order valence-electron chi connectivity index (χ1n) is 7.49. The van der Waals surface area contributed by atoms with Gasteiger partial charge in [-0.2, -0.15) is 5.26 Å². The summed E-state index contributed by atoms with van der Waals surface area (Å²) in [6.45, 7) is 1.06. The normalized spacial score (nSPS) is 13.1. The minimum atomic E-state index is 0.518. The van der Waals surface area contributed by atoms with Crippen LogP contribution < -0.4 is 18.9 Å². The van der Waals surface area contributed by atoms with Gasteiger partial charge in [-0.25, -0.2) is 0 Å². The maximum absolute atomic E-state index is 9.19. The van der Waals surface area contributed by atoms with Crippen LogP contribution in [0.2, 0.25) is 0 Å². The van der Waals surface area contributed by atoms with Crippen LogP contribution in [-0.2, 0) is 0 Å². The summed E-state index contributed by atoms with van der Waals surface area (Å²) in [5.41, 5.74) is 2.49. The zero-order valence-corrected chi connectivity index (χ0v) is 13.5. The van der Waals surface area contributed by atoms with Gasteiger partial charge in [-0.3, -0.25) is 0 Å². The molecule has 0 N–H and O–H groups in total. The number of nitrogens with zero attached hydrogens (tertiary/aromatic N) is 1. The summed E-state index contributed by atoms with van der Waals surface area (Å²) in [5.74, 6) is 2.65. The Balaban J connectivity index is 2.05. The average Bonchev–Trinajstić information content (AvgIpc) is 2.65. The first kappa shape index (κ1) is 15.8. The van der Waals surface area contributed by atoms with E-state index in [4.69, 9.17) is 18.9 Å². The van der Waals surface area contributed by atoms with E-state index in [2.05, 4.69) is 6.07 Å². The minimum absolute atomic E-state index is 0.518. The van der Waals surface area contributed by atoms with Crippen LogP contribution in [0.5, 0.6) is 23.0 Å². The van der Waals surface area contributed by atoms with Crippen molar-refractivity contribution in [3.63, 3.8) is 0 Å². The van der Waals surface area contributed by atoms with E-state index in [0.29, 0.717) is 36.2 Å². The number of allylic oxidation sites excluding steroid dienone is 1. The highest BCUT2D eigenvalue weighted by atomic mass is 16.6. The van der Waals surface area contributed by atoms with Crippen LogP contribution in [0, 0.1) is 11.3 Å². The fraction of sp³-hybridized carbons (Fsp3) is 0.211. The molecule has 0 saturated heterocycles. The van der Waals surface area contributed by atoms with Gasteiger partial charge in [0, 0.05) is 6.08 Å². The Morgan fingerprint density at radius 1 is 0.958 bits per heavy atom. The van der Waals surface area contributed by atoms with E-state index in [-0.39, 0.29) is 0 Å². The van der Waals surface area contributed by atoms with E-state index < -0.39 is 0 Å². The van der Waals surface area contributed by atoms with Crippen molar-refractivity contribution in [1.82, 2.24) is 0 Å². The Morgan fingerprint density at radius 3 is 2.33 bits per heavy atom. The Kier molecular flexibility index (Phi) is 4.57. The molecule has 0 fully saturated rings. The first-order chi connectivity index (χ1) is 11.8. The third-order valence-electron chi connectivity index (χ3n) is 3.76. The highest BCUT2D eigenvalue weighted by Crippen LogP contribution is 2.37. The average molecular weight is 323 g/mol. The molecule has 2 aromatic rings. The van der Waals surface area contributed by atoms with Gasteiger partial charge in [0.05, 0.1) is 20.3 Å². The van der Waals surface area contributed by atoms with Crippen molar-refractivity contribution < 1.29 is 18.9 Å². The molecule has 5 nitrogen and oxygen atoms in total. The van der Waals surface area contributed by atoms with Crippen molar-refractivity contribution in [2.45, 2.75) is 0 Å². The number of nitriles is 1. The molecular formula is C19H17NO4. The summed E-state index contributed by atoms with van der Waals surface area (Å²) in [6.07, 6.45) is 1.51. The smallest absolute Gasteiger partial charge is 0.161 e. The van der Waals surface area contributed by atoms with Crippen molar-refractivity contribution in [2.75, 3.05) is 27.4 Å². The van der Waals surface area contributed by atoms with Crippen LogP contribution in [0.15, 0.2) is 42.5 Å². The Bertz CT molecular complexity index is 779. The third-order valence-corrected chi connectivity index (χ3v) is 3.76. The number of rotatable bonds is 4. The quantitative estimate of drug-likeness (QED) is 0.807. The molecule has 2 aromatic carbocycles. The molecular weight excluding hydrogens is 306 g/mol. The van der Waals surface area contributed by atoms with Crippen LogP contribution in [0.25, 0.3) is 5.57 Å². The van der Waals surface area contributed by atoms with E-state index in [1.165, 1.54) is 6.08 Å². The molecule has 0 aliphatic carbocycles. The van der Waals surface area contributed by atoms with Crippen molar-refractivity contribution in [3.8, 4) is 29.1 Å². The van der Waals surface area contributed by atoms with E-state index in [1.807, 2.05) is 36.4 Å². The molecule has 0 aromatic heterocycles. The monoisotopic (exact) mass is 323 g/mol. The second kappa shape index (κ2) is 6.97. The first-order valence-corrected chi connectivity index (χ1v) is 7.49. The Hall–Kier alpha value is -3.13. The van der Waals surface area contributed by atoms with E-state index in [0.717, 1.165) is 16.7 Å². The standard InChI is InChI=1S/C19H17NO4/c1-21-16-5-3-13(11-18(16)22-2)15(7-8-20)14-4-6-17-19(12-14)24-10-9-23-17/h3-7,11-12H,9-10H2,1-2H3/b15-7-. The van der Waals surface area contributed by atoms with E-state index in [1.54, 1.807) is 14.2 Å². The topological polar surface area (TPSA) is 60.7 Å². The maximum Gasteiger partial charge on any atom is 0.161 e. The van der Waals surface area contributed by atoms with Gasteiger partial charge in [0.15, 0.2) is 23.0 Å². The van der Waals surface area contributed by atoms with Crippen molar-refractivity contribution in [1.29, 1.82) is 5.26 Å². The molecule has 24 heavy (non-hydrogen) atoms. The van der Waals surface area contributed by atoms with Gasteiger partial charge < -0.3 is 18.9 Å². The van der Waals surface area contributed by atoms with Gasteiger partial charge in [0.25, 0.3) is 0 Å². The van der Waals surface area contributed by atoms with Gasteiger partial charge in [0.2, 0.25) is 0 Å². The van der Waals surface area contributed by atoms with Gasteiger partial charge in [-0.05, 0) is 41.0 Å². The molecule has 3 rings (SSSR count). The molecule has 0 spiro atoms. The van der Waals surface area contributed by atoms with Crippen molar-refractivity contribution in [3.05, 3.63) is 53.6 Å². The second-order valence-corrected chi connectivity index (χ2v) is 5.12. The number of fused-ring (bicyclic) bond motifs is 1. The zero-order chi connectivity index (χ0) is 16.9. The summed E-state index contributed by atoms with van der Waals surface area (Å²) >= 11 is 0. The number of benzene rings is 2. The van der Waals surface area contributed by atoms with E-state index >= 15 is 0 Å². The number of ether oxygens (including phenoxy) is 4. The highest BCUT2D eigenvalue weighted by molar-refractivity contribution is 5.83. The molecule has 1 aliphatic heterocycles. The molecule has 5 heteroatoms. The molecule has 0 unspecified atom stereocenters. The highest BCUT2D eigenvalue weighted by Gasteiger charge is 2.15. The zero-order valence-electron chi connectivity index (χ0n) is 13.5. The van der Waals surface area contributed by atoms with Crippen LogP contribution >= 0.6 is 0 Å². The number of hydrogen-bond acceptors (Lipinski definition) is 5. The molecule has 0 atom stereocenters. The number of methoxy groups -OCH3 is 2. The van der Waals surface area contributed by atoms with Gasteiger partial charge in [-0.15, -0.1) is 0 Å². The predicted molar refractivity (Wildman–Crippen MR) is 89.7 cm³/mol. The van der Waals surface area contributed by atoms with Gasteiger partial charge >= 0.3 is 0 Å². The summed E-state index contributed by atoms with van der Waals surface area (Å²) < 4.78 is 21.8. The van der Waals surface area contributed by atoms with Crippen molar-refractivity contribution >= 4 is 5.57 Å². The summed E-state index contributed by atoms with van der Waals surface area (Å²) in [7, 11) is 3.17. The fourth-order valence-corrected chi connectivity index (χ4v) is 2.61. The lowest BCUT2D eigenvalue weighted by atomic mass is 9.97. The summed E-state index contributed by atoms with van der Waals surface area (Å²) in [4.78, 5) is 0. The molecule has 122 valence electrons. The number of hydrogen-bond donors (Lipinski definition) is 0. The molecule has 1 heterocycles. The lowest BCUT2D eigenvalue weighted by molar-refractivity contribution is 0.171. The summed E-state index contributed by atoms with van der Waals surface area (Å²) in [5, 5.41) is 9.19. The molecule has 0 bridgehead atoms. The Morgan fingerprint density at radius 2 is 1.62 bits per heavy atom. The SMILES string of the molecule is COc1ccc(/C(=C/C#N)c2ccc3c(c2)OCCO3)cc1OC. The summed E-state index contributed by atoms with van der Waals surface area (Å²) in [6, 6.07) is 13.3. The molecule has 0 amide bonds. The van der Waals surface area contributed by atoms with Gasteiger partial charge in [0.1, 0.15) is 13.2 Å².